The van der Waals surface area contributed by atoms with E-state index in [1.165, 1.54) is 19.2 Å². The van der Waals surface area contributed by atoms with Gasteiger partial charge in [0.2, 0.25) is 0 Å². The monoisotopic (exact) mass is 283 g/mol. The number of halogens is 4. The van der Waals surface area contributed by atoms with Crippen molar-refractivity contribution in [2.24, 2.45) is 0 Å². The van der Waals surface area contributed by atoms with Crippen molar-refractivity contribution in [1.29, 1.82) is 0 Å². The molecular formula is C15H13F4N. The minimum Gasteiger partial charge on any atom is -0.309 e. The summed E-state index contributed by atoms with van der Waals surface area (Å²) in [4.78, 5) is 0. The highest BCUT2D eigenvalue weighted by Gasteiger charge is 2.21. The molecule has 0 bridgehead atoms. The van der Waals surface area contributed by atoms with Gasteiger partial charge >= 0.3 is 0 Å². The van der Waals surface area contributed by atoms with Crippen molar-refractivity contribution in [2.75, 3.05) is 7.05 Å². The standard InChI is InChI=1S/C15H13F4N/c1-8-5-9(7-10(16)6-8)15(20-2)11-3-4-12(17)14(19)13(11)18/h3-7,15,20H,1-2H3. The molecule has 0 fully saturated rings. The van der Waals surface area contributed by atoms with Gasteiger partial charge in [0.15, 0.2) is 17.5 Å². The first-order valence-corrected chi connectivity index (χ1v) is 6.01. The first kappa shape index (κ1) is 14.5. The Balaban J connectivity index is 2.55. The zero-order chi connectivity index (χ0) is 14.9. The van der Waals surface area contributed by atoms with Crippen LogP contribution < -0.4 is 5.32 Å². The van der Waals surface area contributed by atoms with Gasteiger partial charge in [-0.05, 0) is 43.3 Å². The van der Waals surface area contributed by atoms with Crippen LogP contribution in [-0.4, -0.2) is 7.05 Å². The molecule has 1 nitrogen and oxygen atoms in total. The number of hydrogen-bond donors (Lipinski definition) is 1. The van der Waals surface area contributed by atoms with Crippen LogP contribution in [0.2, 0.25) is 0 Å². The van der Waals surface area contributed by atoms with E-state index in [2.05, 4.69) is 5.32 Å². The highest BCUT2D eigenvalue weighted by Crippen LogP contribution is 2.27. The third-order valence-corrected chi connectivity index (χ3v) is 3.06. The van der Waals surface area contributed by atoms with E-state index in [-0.39, 0.29) is 5.56 Å². The van der Waals surface area contributed by atoms with Crippen LogP contribution in [0, 0.1) is 30.2 Å². The topological polar surface area (TPSA) is 12.0 Å². The van der Waals surface area contributed by atoms with Gasteiger partial charge in [-0.25, -0.2) is 17.6 Å². The fourth-order valence-corrected chi connectivity index (χ4v) is 2.20. The molecule has 2 aromatic carbocycles. The minimum atomic E-state index is -1.53. The lowest BCUT2D eigenvalue weighted by molar-refractivity contribution is 0.435. The average molecular weight is 283 g/mol. The van der Waals surface area contributed by atoms with E-state index in [0.717, 1.165) is 12.1 Å². The normalized spacial score (nSPS) is 12.5. The van der Waals surface area contributed by atoms with E-state index in [0.29, 0.717) is 11.1 Å². The molecule has 0 aliphatic rings. The smallest absolute Gasteiger partial charge is 0.194 e. The Kier molecular flexibility index (Phi) is 4.09. The molecule has 20 heavy (non-hydrogen) atoms. The van der Waals surface area contributed by atoms with Crippen molar-refractivity contribution >= 4 is 0 Å². The van der Waals surface area contributed by atoms with Crippen molar-refractivity contribution in [3.05, 3.63) is 70.3 Å². The summed E-state index contributed by atoms with van der Waals surface area (Å²) in [7, 11) is 1.53. The van der Waals surface area contributed by atoms with Crippen LogP contribution in [0.15, 0.2) is 30.3 Å². The minimum absolute atomic E-state index is 0.0728. The van der Waals surface area contributed by atoms with Gasteiger partial charge in [-0.15, -0.1) is 0 Å². The Bertz CT molecular complexity index is 620. The summed E-state index contributed by atoms with van der Waals surface area (Å²) in [6.07, 6.45) is 0. The van der Waals surface area contributed by atoms with E-state index in [1.54, 1.807) is 13.0 Å². The van der Waals surface area contributed by atoms with Crippen molar-refractivity contribution in [3.8, 4) is 0 Å². The zero-order valence-electron chi connectivity index (χ0n) is 11.0. The van der Waals surface area contributed by atoms with E-state index in [9.17, 15) is 17.6 Å². The van der Waals surface area contributed by atoms with Crippen molar-refractivity contribution in [3.63, 3.8) is 0 Å². The van der Waals surface area contributed by atoms with Gasteiger partial charge < -0.3 is 5.32 Å². The predicted molar refractivity (Wildman–Crippen MR) is 68.4 cm³/mol. The molecule has 2 aromatic rings. The van der Waals surface area contributed by atoms with Gasteiger partial charge in [-0.2, -0.15) is 0 Å². The fraction of sp³-hybridized carbons (Fsp3) is 0.200. The summed E-state index contributed by atoms with van der Waals surface area (Å²) >= 11 is 0. The quantitative estimate of drug-likeness (QED) is 0.666. The third-order valence-electron chi connectivity index (χ3n) is 3.06. The van der Waals surface area contributed by atoms with Crippen LogP contribution in [0.5, 0.6) is 0 Å². The Morgan fingerprint density at radius 1 is 0.950 bits per heavy atom. The lowest BCUT2D eigenvalue weighted by atomic mass is 9.96. The SMILES string of the molecule is CNC(c1cc(C)cc(F)c1)c1ccc(F)c(F)c1F. The Morgan fingerprint density at radius 2 is 1.65 bits per heavy atom. The Labute approximate surface area is 114 Å². The van der Waals surface area contributed by atoms with Gasteiger partial charge in [-0.3, -0.25) is 0 Å². The molecule has 106 valence electrons. The maximum Gasteiger partial charge on any atom is 0.194 e. The molecule has 1 N–H and O–H groups in total. The fourth-order valence-electron chi connectivity index (χ4n) is 2.20. The largest absolute Gasteiger partial charge is 0.309 e. The predicted octanol–water partition coefficient (Wildman–Crippen LogP) is 3.86. The van der Waals surface area contributed by atoms with Crippen LogP contribution in [0.3, 0.4) is 0 Å². The van der Waals surface area contributed by atoms with E-state index in [1.807, 2.05) is 0 Å². The van der Waals surface area contributed by atoms with Crippen LogP contribution in [-0.2, 0) is 0 Å². The number of rotatable bonds is 3. The van der Waals surface area contributed by atoms with Crippen LogP contribution >= 0.6 is 0 Å². The number of benzene rings is 2. The lowest BCUT2D eigenvalue weighted by Crippen LogP contribution is -2.20. The maximum atomic E-state index is 13.8. The molecule has 0 saturated carbocycles. The van der Waals surface area contributed by atoms with Gasteiger partial charge in [-0.1, -0.05) is 12.1 Å². The molecule has 0 aliphatic carbocycles. The Morgan fingerprint density at radius 3 is 2.25 bits per heavy atom. The molecule has 0 aliphatic heterocycles. The number of aryl methyl sites for hydroxylation is 1. The summed E-state index contributed by atoms with van der Waals surface area (Å²) in [5.74, 6) is -4.53. The lowest BCUT2D eigenvalue weighted by Gasteiger charge is -2.19. The number of hydrogen-bond acceptors (Lipinski definition) is 1. The zero-order valence-corrected chi connectivity index (χ0v) is 11.0. The second-order valence-corrected chi connectivity index (χ2v) is 4.55. The van der Waals surface area contributed by atoms with Crippen molar-refractivity contribution < 1.29 is 17.6 Å². The molecule has 0 heterocycles. The van der Waals surface area contributed by atoms with E-state index < -0.39 is 29.3 Å². The summed E-state index contributed by atoms with van der Waals surface area (Å²) in [5.41, 5.74) is 1.02. The molecule has 0 spiro atoms. The molecule has 0 amide bonds. The molecule has 1 atom stereocenters. The summed E-state index contributed by atoms with van der Waals surface area (Å²) in [5, 5.41) is 2.78. The van der Waals surface area contributed by atoms with Crippen LogP contribution in [0.4, 0.5) is 17.6 Å². The molecule has 5 heteroatoms. The molecular weight excluding hydrogens is 270 g/mol. The average Bonchev–Trinajstić information content (AvgIpc) is 2.38. The first-order valence-electron chi connectivity index (χ1n) is 6.01. The maximum absolute atomic E-state index is 13.8. The third kappa shape index (κ3) is 2.67. The highest BCUT2D eigenvalue weighted by molar-refractivity contribution is 5.35. The number of nitrogens with one attached hydrogen (secondary N) is 1. The molecule has 0 aromatic heterocycles. The second-order valence-electron chi connectivity index (χ2n) is 4.55. The van der Waals surface area contributed by atoms with Gasteiger partial charge in [0.05, 0.1) is 6.04 Å². The van der Waals surface area contributed by atoms with Crippen molar-refractivity contribution in [2.45, 2.75) is 13.0 Å². The van der Waals surface area contributed by atoms with Crippen LogP contribution in [0.1, 0.15) is 22.7 Å². The van der Waals surface area contributed by atoms with Gasteiger partial charge in [0.1, 0.15) is 5.82 Å². The van der Waals surface area contributed by atoms with Crippen LogP contribution in [0.25, 0.3) is 0 Å². The first-order chi connectivity index (χ1) is 9.43. The van der Waals surface area contributed by atoms with Gasteiger partial charge in [0, 0.05) is 5.56 Å². The molecule has 1 unspecified atom stereocenters. The highest BCUT2D eigenvalue weighted by atomic mass is 19.2. The molecule has 2 rings (SSSR count). The van der Waals surface area contributed by atoms with E-state index in [4.69, 9.17) is 0 Å². The van der Waals surface area contributed by atoms with E-state index >= 15 is 0 Å². The molecule has 0 saturated heterocycles. The second kappa shape index (κ2) is 5.63. The summed E-state index contributed by atoms with van der Waals surface area (Å²) < 4.78 is 53.5. The van der Waals surface area contributed by atoms with Crippen molar-refractivity contribution in [1.82, 2.24) is 5.32 Å². The van der Waals surface area contributed by atoms with Gasteiger partial charge in [0.25, 0.3) is 0 Å². The molecule has 0 radical (unpaired) electrons. The summed E-state index contributed by atoms with van der Waals surface area (Å²) in [6, 6.07) is 5.45. The Hall–Kier alpha value is -1.88. The summed E-state index contributed by atoms with van der Waals surface area (Å²) in [6.45, 7) is 1.70.